The van der Waals surface area contributed by atoms with Crippen LogP contribution < -0.4 is 11.1 Å². The molecule has 1 unspecified atom stereocenters. The monoisotopic (exact) mass is 267 g/mol. The third kappa shape index (κ3) is 3.94. The average Bonchev–Trinajstić information content (AvgIpc) is 2.39. The van der Waals surface area contributed by atoms with E-state index >= 15 is 0 Å². The number of benzene rings is 1. The molecule has 1 aromatic rings. The molecule has 4 N–H and O–H groups in total. The molecule has 0 spiro atoms. The van der Waals surface area contributed by atoms with Gasteiger partial charge in [-0.25, -0.2) is 4.39 Å². The summed E-state index contributed by atoms with van der Waals surface area (Å²) in [5.41, 5.74) is 6.41. The van der Waals surface area contributed by atoms with E-state index in [1.54, 1.807) is 6.92 Å². The van der Waals surface area contributed by atoms with Crippen molar-refractivity contribution < 1.29 is 14.4 Å². The molecule has 0 aliphatic carbocycles. The van der Waals surface area contributed by atoms with Crippen molar-refractivity contribution in [3.8, 4) is 0 Å². The van der Waals surface area contributed by atoms with E-state index in [4.69, 9.17) is 10.9 Å². The molecule has 0 saturated heterocycles. The molecular formula is C13H18FN3O2. The standard InChI is InChI=1S/C13H18FN3O2/c1-3-4-10(12(15)17-19)13(18)16-9-5-6-11(14)8(2)7-9/h5-7,10,19H,3-4H2,1-2H3,(H2,15,17)(H,16,18). The zero-order valence-corrected chi connectivity index (χ0v) is 11.0. The largest absolute Gasteiger partial charge is 0.409 e. The van der Waals surface area contributed by atoms with Gasteiger partial charge in [0.1, 0.15) is 5.82 Å². The van der Waals surface area contributed by atoms with E-state index in [-0.39, 0.29) is 17.6 Å². The second-order valence-corrected chi connectivity index (χ2v) is 4.32. The lowest BCUT2D eigenvalue weighted by Gasteiger charge is -2.15. The molecule has 0 fully saturated rings. The number of hydrogen-bond donors (Lipinski definition) is 3. The number of hydrogen-bond acceptors (Lipinski definition) is 3. The van der Waals surface area contributed by atoms with E-state index in [0.717, 1.165) is 6.42 Å². The second-order valence-electron chi connectivity index (χ2n) is 4.32. The lowest BCUT2D eigenvalue weighted by Crippen LogP contribution is -2.34. The van der Waals surface area contributed by atoms with Crippen molar-refractivity contribution in [1.29, 1.82) is 0 Å². The van der Waals surface area contributed by atoms with Crippen molar-refractivity contribution in [2.24, 2.45) is 16.8 Å². The van der Waals surface area contributed by atoms with Gasteiger partial charge in [-0.2, -0.15) is 0 Å². The van der Waals surface area contributed by atoms with Gasteiger partial charge in [0.2, 0.25) is 5.91 Å². The van der Waals surface area contributed by atoms with Gasteiger partial charge >= 0.3 is 0 Å². The van der Waals surface area contributed by atoms with Crippen LogP contribution in [-0.2, 0) is 4.79 Å². The smallest absolute Gasteiger partial charge is 0.235 e. The minimum atomic E-state index is -0.694. The quantitative estimate of drug-likeness (QED) is 0.331. The molecule has 0 aliphatic rings. The summed E-state index contributed by atoms with van der Waals surface area (Å²) in [6, 6.07) is 4.28. The highest BCUT2D eigenvalue weighted by Gasteiger charge is 2.22. The number of carbonyl (C=O) groups is 1. The average molecular weight is 267 g/mol. The Labute approximate surface area is 111 Å². The molecule has 1 amide bonds. The third-order valence-electron chi connectivity index (χ3n) is 2.79. The molecule has 1 atom stereocenters. The van der Waals surface area contributed by atoms with Crippen molar-refractivity contribution in [1.82, 2.24) is 0 Å². The molecule has 1 aromatic carbocycles. The molecule has 6 heteroatoms. The minimum absolute atomic E-state index is 0.127. The number of aryl methyl sites for hydroxylation is 1. The number of nitrogens with one attached hydrogen (secondary N) is 1. The van der Waals surface area contributed by atoms with Crippen molar-refractivity contribution in [3.63, 3.8) is 0 Å². The van der Waals surface area contributed by atoms with Crippen LogP contribution in [0.25, 0.3) is 0 Å². The molecule has 0 saturated carbocycles. The summed E-state index contributed by atoms with van der Waals surface area (Å²) in [7, 11) is 0. The number of amides is 1. The highest BCUT2D eigenvalue weighted by atomic mass is 19.1. The van der Waals surface area contributed by atoms with Gasteiger partial charge in [0, 0.05) is 5.69 Å². The molecular weight excluding hydrogens is 249 g/mol. The van der Waals surface area contributed by atoms with Crippen LogP contribution in [0.5, 0.6) is 0 Å². The van der Waals surface area contributed by atoms with Crippen LogP contribution in [0.3, 0.4) is 0 Å². The van der Waals surface area contributed by atoms with Crippen molar-refractivity contribution >= 4 is 17.4 Å². The van der Waals surface area contributed by atoms with Crippen molar-refractivity contribution in [2.75, 3.05) is 5.32 Å². The van der Waals surface area contributed by atoms with Crippen molar-refractivity contribution in [2.45, 2.75) is 26.7 Å². The van der Waals surface area contributed by atoms with Crippen molar-refractivity contribution in [3.05, 3.63) is 29.6 Å². The fourth-order valence-corrected chi connectivity index (χ4v) is 1.72. The molecule has 0 aromatic heterocycles. The maximum absolute atomic E-state index is 13.1. The van der Waals surface area contributed by atoms with Crippen LogP contribution in [0, 0.1) is 18.7 Å². The first kappa shape index (κ1) is 14.9. The Balaban J connectivity index is 2.84. The van der Waals surface area contributed by atoms with E-state index < -0.39 is 5.92 Å². The maximum Gasteiger partial charge on any atom is 0.235 e. The van der Waals surface area contributed by atoms with Gasteiger partial charge in [0.25, 0.3) is 0 Å². The number of anilines is 1. The summed E-state index contributed by atoms with van der Waals surface area (Å²) in [6.45, 7) is 3.50. The number of oxime groups is 1. The van der Waals surface area contributed by atoms with Crippen LogP contribution in [0.4, 0.5) is 10.1 Å². The van der Waals surface area contributed by atoms with Crippen LogP contribution in [0.15, 0.2) is 23.4 Å². The van der Waals surface area contributed by atoms with Gasteiger partial charge in [0.15, 0.2) is 5.84 Å². The summed E-state index contributed by atoms with van der Waals surface area (Å²) in [5, 5.41) is 14.2. The third-order valence-corrected chi connectivity index (χ3v) is 2.79. The summed E-state index contributed by atoms with van der Waals surface area (Å²) >= 11 is 0. The predicted octanol–water partition coefficient (Wildman–Crippen LogP) is 2.24. The molecule has 104 valence electrons. The Kier molecular flexibility index (Phi) is 5.29. The Morgan fingerprint density at radius 1 is 1.58 bits per heavy atom. The molecule has 0 radical (unpaired) electrons. The van der Waals surface area contributed by atoms with Gasteiger partial charge in [-0.3, -0.25) is 4.79 Å². The van der Waals surface area contributed by atoms with E-state index in [0.29, 0.717) is 17.7 Å². The van der Waals surface area contributed by atoms with E-state index in [1.165, 1.54) is 18.2 Å². The lowest BCUT2D eigenvalue weighted by atomic mass is 10.0. The first-order valence-corrected chi connectivity index (χ1v) is 6.04. The van der Waals surface area contributed by atoms with Gasteiger partial charge in [-0.15, -0.1) is 0 Å². The minimum Gasteiger partial charge on any atom is -0.409 e. The van der Waals surface area contributed by atoms with Gasteiger partial charge in [0.05, 0.1) is 5.92 Å². The molecule has 1 rings (SSSR count). The lowest BCUT2D eigenvalue weighted by molar-refractivity contribution is -0.118. The number of nitrogens with zero attached hydrogens (tertiary/aromatic N) is 1. The normalized spacial score (nSPS) is 13.1. The second kappa shape index (κ2) is 6.72. The molecule has 0 aliphatic heterocycles. The Hall–Kier alpha value is -2.11. The van der Waals surface area contributed by atoms with E-state index in [9.17, 15) is 9.18 Å². The number of carbonyl (C=O) groups excluding carboxylic acids is 1. The van der Waals surface area contributed by atoms with Crippen LogP contribution >= 0.6 is 0 Å². The summed E-state index contributed by atoms with van der Waals surface area (Å²) < 4.78 is 13.1. The topological polar surface area (TPSA) is 87.7 Å². The molecule has 19 heavy (non-hydrogen) atoms. The van der Waals surface area contributed by atoms with E-state index in [1.807, 2.05) is 6.92 Å². The fourth-order valence-electron chi connectivity index (χ4n) is 1.72. The Morgan fingerprint density at radius 2 is 2.26 bits per heavy atom. The predicted molar refractivity (Wildman–Crippen MR) is 71.6 cm³/mol. The first-order valence-electron chi connectivity index (χ1n) is 6.04. The molecule has 5 nitrogen and oxygen atoms in total. The van der Waals surface area contributed by atoms with Crippen LogP contribution in [0.1, 0.15) is 25.3 Å². The zero-order chi connectivity index (χ0) is 14.4. The van der Waals surface area contributed by atoms with Gasteiger partial charge in [-0.05, 0) is 37.1 Å². The Morgan fingerprint density at radius 3 is 2.79 bits per heavy atom. The highest BCUT2D eigenvalue weighted by Crippen LogP contribution is 2.16. The zero-order valence-electron chi connectivity index (χ0n) is 11.0. The summed E-state index contributed by atoms with van der Waals surface area (Å²) in [5.74, 6) is -1.53. The van der Waals surface area contributed by atoms with Crippen LogP contribution in [0.2, 0.25) is 0 Å². The number of rotatable bonds is 5. The highest BCUT2D eigenvalue weighted by molar-refractivity contribution is 6.07. The maximum atomic E-state index is 13.1. The SMILES string of the molecule is CCCC(C(=O)Nc1ccc(F)c(C)c1)C(N)=NO. The van der Waals surface area contributed by atoms with Gasteiger partial charge < -0.3 is 16.3 Å². The first-order chi connectivity index (χ1) is 8.99. The summed E-state index contributed by atoms with van der Waals surface area (Å²) in [6.07, 6.45) is 1.19. The van der Waals surface area contributed by atoms with E-state index in [2.05, 4.69) is 10.5 Å². The number of nitrogens with two attached hydrogens (primary N) is 1. The van der Waals surface area contributed by atoms with Gasteiger partial charge in [-0.1, -0.05) is 18.5 Å². The molecule has 0 heterocycles. The summed E-state index contributed by atoms with van der Waals surface area (Å²) in [4.78, 5) is 12.0. The fraction of sp³-hybridized carbons (Fsp3) is 0.385. The molecule has 0 bridgehead atoms. The number of halogens is 1. The number of amidine groups is 1. The van der Waals surface area contributed by atoms with Crippen LogP contribution in [-0.4, -0.2) is 17.0 Å². The Bertz CT molecular complexity index is 489.